The molecule has 0 heterocycles. The molecule has 0 aromatic heterocycles. The van der Waals surface area contributed by atoms with Crippen molar-refractivity contribution in [2.24, 2.45) is 5.92 Å². The first kappa shape index (κ1) is 14.8. The van der Waals surface area contributed by atoms with Gasteiger partial charge in [-0.05, 0) is 36.6 Å². The highest BCUT2D eigenvalue weighted by Crippen LogP contribution is 2.16. The lowest BCUT2D eigenvalue weighted by Crippen LogP contribution is -2.19. The molecule has 0 bridgehead atoms. The predicted molar refractivity (Wildman–Crippen MR) is 72.3 cm³/mol. The molecule has 1 N–H and O–H groups in total. The van der Waals surface area contributed by atoms with Gasteiger partial charge in [-0.25, -0.2) is 8.78 Å². The average molecular weight is 253 g/mol. The van der Waals surface area contributed by atoms with E-state index < -0.39 is 11.6 Å². The summed E-state index contributed by atoms with van der Waals surface area (Å²) in [6.45, 7) is 7.96. The van der Waals surface area contributed by atoms with Gasteiger partial charge in [0.25, 0.3) is 0 Å². The number of hydrogen-bond acceptors (Lipinski definition) is 1. The van der Waals surface area contributed by atoms with Gasteiger partial charge in [-0.2, -0.15) is 0 Å². The summed E-state index contributed by atoms with van der Waals surface area (Å²) >= 11 is 0. The Bertz CT molecular complexity index is 391. The third kappa shape index (κ3) is 4.96. The van der Waals surface area contributed by atoms with Gasteiger partial charge in [0.2, 0.25) is 0 Å². The van der Waals surface area contributed by atoms with E-state index in [1.54, 1.807) is 0 Å². The molecular weight excluding hydrogens is 232 g/mol. The smallest absolute Gasteiger partial charge is 0.126 e. The van der Waals surface area contributed by atoms with Gasteiger partial charge < -0.3 is 5.32 Å². The largest absolute Gasteiger partial charge is 0.313 e. The second-order valence-corrected chi connectivity index (χ2v) is 4.75. The van der Waals surface area contributed by atoms with E-state index in [-0.39, 0.29) is 0 Å². The van der Waals surface area contributed by atoms with Crippen LogP contribution in [0.15, 0.2) is 23.8 Å². The molecule has 1 aromatic rings. The fourth-order valence-electron chi connectivity index (χ4n) is 1.70. The molecule has 18 heavy (non-hydrogen) atoms. The van der Waals surface area contributed by atoms with Gasteiger partial charge in [0.15, 0.2) is 0 Å². The SMILES string of the molecule is CCCNC/C(=C/c1cc(F)cc(F)c1)C(C)C. The minimum Gasteiger partial charge on any atom is -0.313 e. The number of hydrogen-bond donors (Lipinski definition) is 1. The number of benzene rings is 1. The van der Waals surface area contributed by atoms with E-state index in [2.05, 4.69) is 26.1 Å². The molecule has 0 saturated heterocycles. The maximum Gasteiger partial charge on any atom is 0.126 e. The Morgan fingerprint density at radius 3 is 2.33 bits per heavy atom. The van der Waals surface area contributed by atoms with Crippen molar-refractivity contribution < 1.29 is 8.78 Å². The summed E-state index contributed by atoms with van der Waals surface area (Å²) in [6, 6.07) is 3.60. The molecule has 0 unspecified atom stereocenters. The van der Waals surface area contributed by atoms with Gasteiger partial charge in [-0.15, -0.1) is 0 Å². The van der Waals surface area contributed by atoms with Crippen LogP contribution in [-0.4, -0.2) is 13.1 Å². The van der Waals surface area contributed by atoms with Crippen LogP contribution >= 0.6 is 0 Å². The van der Waals surface area contributed by atoms with Gasteiger partial charge in [0.1, 0.15) is 11.6 Å². The zero-order valence-electron chi connectivity index (χ0n) is 11.3. The summed E-state index contributed by atoms with van der Waals surface area (Å²) in [7, 11) is 0. The van der Waals surface area contributed by atoms with Gasteiger partial charge >= 0.3 is 0 Å². The van der Waals surface area contributed by atoms with Crippen molar-refractivity contribution in [3.05, 3.63) is 41.0 Å². The third-order valence-electron chi connectivity index (χ3n) is 2.73. The fraction of sp³-hybridized carbons (Fsp3) is 0.467. The Balaban J connectivity index is 2.86. The molecule has 0 saturated carbocycles. The Morgan fingerprint density at radius 2 is 1.83 bits per heavy atom. The standard InChI is InChI=1S/C15H21F2N/c1-4-5-18-10-13(11(2)3)6-12-7-14(16)9-15(17)8-12/h6-9,11,18H,4-5,10H2,1-3H3/b13-6-. The van der Waals surface area contributed by atoms with E-state index in [1.165, 1.54) is 12.1 Å². The first-order chi connectivity index (χ1) is 8.52. The summed E-state index contributed by atoms with van der Waals surface area (Å²) in [6.07, 6.45) is 2.93. The second-order valence-electron chi connectivity index (χ2n) is 4.75. The first-order valence-electron chi connectivity index (χ1n) is 6.40. The molecule has 1 aromatic carbocycles. The van der Waals surface area contributed by atoms with E-state index in [4.69, 9.17) is 0 Å². The lowest BCUT2D eigenvalue weighted by Gasteiger charge is -2.12. The van der Waals surface area contributed by atoms with E-state index in [0.29, 0.717) is 11.5 Å². The van der Waals surface area contributed by atoms with Crippen LogP contribution in [0.3, 0.4) is 0 Å². The van der Waals surface area contributed by atoms with Crippen LogP contribution in [-0.2, 0) is 0 Å². The molecule has 0 spiro atoms. The molecule has 0 amide bonds. The van der Waals surface area contributed by atoms with Gasteiger partial charge in [0, 0.05) is 12.6 Å². The van der Waals surface area contributed by atoms with Crippen molar-refractivity contribution in [3.63, 3.8) is 0 Å². The van der Waals surface area contributed by atoms with Crippen molar-refractivity contribution in [1.29, 1.82) is 0 Å². The highest BCUT2D eigenvalue weighted by atomic mass is 19.1. The van der Waals surface area contributed by atoms with Gasteiger partial charge in [0.05, 0.1) is 0 Å². The van der Waals surface area contributed by atoms with E-state index in [1.807, 2.05) is 6.08 Å². The monoisotopic (exact) mass is 253 g/mol. The molecule has 0 aliphatic carbocycles. The molecule has 3 heteroatoms. The Labute approximate surface area is 108 Å². The zero-order valence-corrected chi connectivity index (χ0v) is 11.3. The van der Waals surface area contributed by atoms with Crippen LogP contribution in [0.2, 0.25) is 0 Å². The number of nitrogens with one attached hydrogen (secondary N) is 1. The quantitative estimate of drug-likeness (QED) is 0.755. The summed E-state index contributed by atoms with van der Waals surface area (Å²) in [5, 5.41) is 3.31. The molecule has 0 atom stereocenters. The van der Waals surface area contributed by atoms with E-state index >= 15 is 0 Å². The first-order valence-corrected chi connectivity index (χ1v) is 6.40. The molecular formula is C15H21F2N. The van der Waals surface area contributed by atoms with E-state index in [0.717, 1.165) is 31.1 Å². The molecule has 1 rings (SSSR count). The normalized spacial score (nSPS) is 12.2. The average Bonchev–Trinajstić information content (AvgIpc) is 2.26. The van der Waals surface area contributed by atoms with Gasteiger partial charge in [-0.1, -0.05) is 32.4 Å². The minimum atomic E-state index is -0.536. The molecule has 1 nitrogen and oxygen atoms in total. The minimum absolute atomic E-state index is 0.348. The maximum absolute atomic E-state index is 13.1. The predicted octanol–water partition coefficient (Wildman–Crippen LogP) is 4.00. The van der Waals surface area contributed by atoms with Crippen LogP contribution < -0.4 is 5.32 Å². The van der Waals surface area contributed by atoms with Crippen molar-refractivity contribution >= 4 is 6.08 Å². The van der Waals surface area contributed by atoms with Crippen molar-refractivity contribution in [1.82, 2.24) is 5.32 Å². The number of rotatable bonds is 6. The molecule has 0 aliphatic heterocycles. The van der Waals surface area contributed by atoms with Crippen molar-refractivity contribution in [3.8, 4) is 0 Å². The third-order valence-corrected chi connectivity index (χ3v) is 2.73. The Kier molecular flexibility index (Phi) is 5.99. The van der Waals surface area contributed by atoms with Crippen LogP contribution in [0.25, 0.3) is 6.08 Å². The Hall–Kier alpha value is -1.22. The summed E-state index contributed by atoms with van der Waals surface area (Å²) in [5.41, 5.74) is 1.72. The van der Waals surface area contributed by atoms with Crippen molar-refractivity contribution in [2.45, 2.75) is 27.2 Å². The second kappa shape index (κ2) is 7.27. The molecule has 0 fully saturated rings. The van der Waals surface area contributed by atoms with Gasteiger partial charge in [-0.3, -0.25) is 0 Å². The number of halogens is 2. The maximum atomic E-state index is 13.1. The van der Waals surface area contributed by atoms with Crippen molar-refractivity contribution in [2.75, 3.05) is 13.1 Å². The fourth-order valence-corrected chi connectivity index (χ4v) is 1.70. The lowest BCUT2D eigenvalue weighted by atomic mass is 10.00. The zero-order chi connectivity index (χ0) is 13.5. The lowest BCUT2D eigenvalue weighted by molar-refractivity contribution is 0.582. The van der Waals surface area contributed by atoms with Crippen LogP contribution in [0.5, 0.6) is 0 Å². The summed E-state index contributed by atoms with van der Waals surface area (Å²) in [4.78, 5) is 0. The van der Waals surface area contributed by atoms with E-state index in [9.17, 15) is 8.78 Å². The van der Waals surface area contributed by atoms with Crippen LogP contribution in [0, 0.1) is 17.6 Å². The Morgan fingerprint density at radius 1 is 1.22 bits per heavy atom. The summed E-state index contributed by atoms with van der Waals surface area (Å²) < 4.78 is 26.2. The molecule has 100 valence electrons. The van der Waals surface area contributed by atoms with Crippen LogP contribution in [0.4, 0.5) is 8.78 Å². The molecule has 0 aliphatic rings. The topological polar surface area (TPSA) is 12.0 Å². The summed E-state index contributed by atoms with van der Waals surface area (Å²) in [5.74, 6) is -0.725. The van der Waals surface area contributed by atoms with Crippen LogP contribution in [0.1, 0.15) is 32.8 Å². The highest BCUT2D eigenvalue weighted by Gasteiger charge is 2.05. The highest BCUT2D eigenvalue weighted by molar-refractivity contribution is 5.53. The molecule has 0 radical (unpaired) electrons.